The van der Waals surface area contributed by atoms with Crippen molar-refractivity contribution < 1.29 is 14.6 Å². The molecule has 0 bridgehead atoms. The Morgan fingerprint density at radius 2 is 1.41 bits per heavy atom. The Kier molecular flexibility index (Phi) is 10.8. The van der Waals surface area contributed by atoms with Crippen molar-refractivity contribution in [1.29, 1.82) is 0 Å². The minimum atomic E-state index is 0.0193. The van der Waals surface area contributed by atoms with Crippen molar-refractivity contribution in [3.05, 3.63) is 70.8 Å². The van der Waals surface area contributed by atoms with Gasteiger partial charge in [0.25, 0.3) is 0 Å². The first kappa shape index (κ1) is 22.2. The van der Waals surface area contributed by atoms with Crippen molar-refractivity contribution in [1.82, 2.24) is 0 Å². The van der Waals surface area contributed by atoms with Crippen molar-refractivity contribution in [2.24, 2.45) is 0 Å². The SMILES string of the molecule is ClCc1ccc(CCOC2CCCCO2)cc1.OCc1ccc(CCl)cc1. The zero-order chi connectivity index (χ0) is 19.3. The molecule has 0 aromatic heterocycles. The number of alkyl halides is 2. The Bertz CT molecular complexity index is 600. The van der Waals surface area contributed by atoms with E-state index in [2.05, 4.69) is 24.3 Å². The predicted molar refractivity (Wildman–Crippen MR) is 111 cm³/mol. The van der Waals surface area contributed by atoms with E-state index < -0.39 is 0 Å². The van der Waals surface area contributed by atoms with E-state index in [0.29, 0.717) is 11.8 Å². The largest absolute Gasteiger partial charge is 0.392 e. The summed E-state index contributed by atoms with van der Waals surface area (Å²) in [4.78, 5) is 0. The maximum absolute atomic E-state index is 8.67. The van der Waals surface area contributed by atoms with E-state index in [-0.39, 0.29) is 12.9 Å². The average Bonchev–Trinajstić information content (AvgIpc) is 2.75. The van der Waals surface area contributed by atoms with Crippen LogP contribution in [-0.2, 0) is 34.3 Å². The van der Waals surface area contributed by atoms with Gasteiger partial charge in [-0.05, 0) is 47.9 Å². The van der Waals surface area contributed by atoms with Crippen molar-refractivity contribution >= 4 is 23.2 Å². The van der Waals surface area contributed by atoms with Gasteiger partial charge in [-0.1, -0.05) is 48.5 Å². The Morgan fingerprint density at radius 1 is 0.852 bits per heavy atom. The zero-order valence-electron chi connectivity index (χ0n) is 15.6. The molecule has 0 aliphatic carbocycles. The van der Waals surface area contributed by atoms with Crippen LogP contribution < -0.4 is 0 Å². The molecule has 1 N–H and O–H groups in total. The molecule has 0 amide bonds. The van der Waals surface area contributed by atoms with Gasteiger partial charge in [-0.3, -0.25) is 0 Å². The van der Waals surface area contributed by atoms with E-state index in [1.165, 1.54) is 18.4 Å². The standard InChI is InChI=1S/C14H19ClO2.C8H9ClO/c15-11-13-6-4-12(5-7-13)8-10-17-14-3-1-2-9-16-14;9-5-7-1-3-8(6-10)4-2-7/h4-7,14H,1-3,8-11H2;1-4,10H,5-6H2. The molecule has 5 heteroatoms. The molecule has 2 aromatic rings. The fraction of sp³-hybridized carbons (Fsp3) is 0.455. The van der Waals surface area contributed by atoms with Gasteiger partial charge in [0.05, 0.1) is 13.2 Å². The third-order valence-electron chi connectivity index (χ3n) is 4.37. The van der Waals surface area contributed by atoms with Gasteiger partial charge in [0, 0.05) is 18.4 Å². The summed E-state index contributed by atoms with van der Waals surface area (Å²) >= 11 is 11.3. The summed E-state index contributed by atoms with van der Waals surface area (Å²) in [5.74, 6) is 1.11. The molecule has 1 atom stereocenters. The highest BCUT2D eigenvalue weighted by Crippen LogP contribution is 2.14. The molecule has 148 valence electrons. The van der Waals surface area contributed by atoms with Gasteiger partial charge < -0.3 is 14.6 Å². The molecule has 0 spiro atoms. The first-order chi connectivity index (χ1) is 13.2. The zero-order valence-corrected chi connectivity index (χ0v) is 17.1. The Balaban J connectivity index is 0.000000223. The van der Waals surface area contributed by atoms with Crippen molar-refractivity contribution in [3.63, 3.8) is 0 Å². The molecule has 1 aliphatic rings. The highest BCUT2D eigenvalue weighted by molar-refractivity contribution is 6.17. The van der Waals surface area contributed by atoms with Crippen LogP contribution in [0.15, 0.2) is 48.5 Å². The van der Waals surface area contributed by atoms with Crippen LogP contribution in [0.25, 0.3) is 0 Å². The highest BCUT2D eigenvalue weighted by atomic mass is 35.5. The number of rotatable bonds is 7. The summed E-state index contributed by atoms with van der Waals surface area (Å²) in [5, 5.41) is 8.67. The van der Waals surface area contributed by atoms with Gasteiger partial charge in [-0.25, -0.2) is 0 Å². The van der Waals surface area contributed by atoms with Gasteiger partial charge >= 0.3 is 0 Å². The first-order valence-corrected chi connectivity index (χ1v) is 10.4. The number of benzene rings is 2. The minimum Gasteiger partial charge on any atom is -0.392 e. The molecule has 0 radical (unpaired) electrons. The second-order valence-electron chi connectivity index (χ2n) is 6.48. The van der Waals surface area contributed by atoms with Crippen LogP contribution in [0.2, 0.25) is 0 Å². The summed E-state index contributed by atoms with van der Waals surface area (Å²) in [6, 6.07) is 15.9. The van der Waals surface area contributed by atoms with Crippen molar-refractivity contribution in [2.75, 3.05) is 13.2 Å². The van der Waals surface area contributed by atoms with Crippen LogP contribution in [0.5, 0.6) is 0 Å². The molecule has 27 heavy (non-hydrogen) atoms. The van der Waals surface area contributed by atoms with Crippen molar-refractivity contribution in [3.8, 4) is 0 Å². The summed E-state index contributed by atoms with van der Waals surface area (Å²) in [7, 11) is 0. The smallest absolute Gasteiger partial charge is 0.157 e. The number of aliphatic hydroxyl groups is 1. The quantitative estimate of drug-likeness (QED) is 0.618. The molecule has 1 heterocycles. The number of hydrogen-bond donors (Lipinski definition) is 1. The van der Waals surface area contributed by atoms with Crippen molar-refractivity contribution in [2.45, 2.75) is 50.3 Å². The van der Waals surface area contributed by atoms with Gasteiger partial charge in [-0.2, -0.15) is 0 Å². The highest BCUT2D eigenvalue weighted by Gasteiger charge is 2.13. The van der Waals surface area contributed by atoms with Gasteiger partial charge in [0.2, 0.25) is 0 Å². The Hall–Kier alpha value is -1.10. The normalized spacial score (nSPS) is 16.5. The van der Waals surface area contributed by atoms with E-state index in [0.717, 1.165) is 42.7 Å². The average molecular weight is 411 g/mol. The molecule has 0 saturated carbocycles. The molecule has 3 rings (SSSR count). The van der Waals surface area contributed by atoms with Crippen LogP contribution in [0, 0.1) is 0 Å². The molecule has 3 nitrogen and oxygen atoms in total. The van der Waals surface area contributed by atoms with Crippen LogP contribution in [-0.4, -0.2) is 24.6 Å². The predicted octanol–water partition coefficient (Wildman–Crippen LogP) is 5.43. The van der Waals surface area contributed by atoms with E-state index in [9.17, 15) is 0 Å². The maximum Gasteiger partial charge on any atom is 0.157 e. The molecule has 1 unspecified atom stereocenters. The fourth-order valence-electron chi connectivity index (χ4n) is 2.68. The van der Waals surface area contributed by atoms with Gasteiger partial charge in [0.1, 0.15) is 0 Å². The topological polar surface area (TPSA) is 38.7 Å². The summed E-state index contributed by atoms with van der Waals surface area (Å²) in [5.41, 5.74) is 4.45. The second kappa shape index (κ2) is 13.1. The maximum atomic E-state index is 8.67. The lowest BCUT2D eigenvalue weighted by atomic mass is 10.1. The molecule has 2 aromatic carbocycles. The van der Waals surface area contributed by atoms with Gasteiger partial charge in [0.15, 0.2) is 6.29 Å². The Labute approximate surface area is 172 Å². The van der Waals surface area contributed by atoms with E-state index >= 15 is 0 Å². The molecular weight excluding hydrogens is 383 g/mol. The number of aliphatic hydroxyl groups excluding tert-OH is 1. The van der Waals surface area contributed by atoms with Crippen LogP contribution >= 0.6 is 23.2 Å². The van der Waals surface area contributed by atoms with E-state index in [1.54, 1.807) is 0 Å². The lowest BCUT2D eigenvalue weighted by Gasteiger charge is -2.22. The lowest BCUT2D eigenvalue weighted by Crippen LogP contribution is -2.23. The van der Waals surface area contributed by atoms with Crippen LogP contribution in [0.1, 0.15) is 41.5 Å². The third-order valence-corrected chi connectivity index (χ3v) is 4.99. The fourth-order valence-corrected chi connectivity index (χ4v) is 3.04. The first-order valence-electron chi connectivity index (χ1n) is 9.36. The number of hydrogen-bond acceptors (Lipinski definition) is 3. The lowest BCUT2D eigenvalue weighted by molar-refractivity contribution is -0.161. The molecule has 1 aliphatic heterocycles. The number of halogens is 2. The van der Waals surface area contributed by atoms with E-state index in [4.69, 9.17) is 37.8 Å². The number of ether oxygens (including phenoxy) is 2. The van der Waals surface area contributed by atoms with Crippen LogP contribution in [0.3, 0.4) is 0 Å². The third kappa shape index (κ3) is 8.63. The summed E-state index contributed by atoms with van der Waals surface area (Å²) in [6.45, 7) is 1.67. The van der Waals surface area contributed by atoms with Gasteiger partial charge in [-0.15, -0.1) is 23.2 Å². The monoisotopic (exact) mass is 410 g/mol. The summed E-state index contributed by atoms with van der Waals surface area (Å²) < 4.78 is 11.2. The molecule has 1 saturated heterocycles. The van der Waals surface area contributed by atoms with E-state index in [1.807, 2.05) is 24.3 Å². The summed E-state index contributed by atoms with van der Waals surface area (Å²) in [6.07, 6.45) is 4.37. The molecular formula is C22H28Cl2O3. The van der Waals surface area contributed by atoms with Crippen LogP contribution in [0.4, 0.5) is 0 Å². The molecule has 1 fully saturated rings. The minimum absolute atomic E-state index is 0.0193. The second-order valence-corrected chi connectivity index (χ2v) is 7.01. The Morgan fingerprint density at radius 3 is 1.89 bits per heavy atom.